The summed E-state index contributed by atoms with van der Waals surface area (Å²) in [5.41, 5.74) is 1.36. The maximum Gasteiger partial charge on any atom is 0.0434 e. The Morgan fingerprint density at radius 1 is 1.62 bits per heavy atom. The molecule has 2 nitrogen and oxygen atoms in total. The summed E-state index contributed by atoms with van der Waals surface area (Å²) in [6.45, 7) is 3.84. The molecule has 2 N–H and O–H groups in total. The van der Waals surface area contributed by atoms with Gasteiger partial charge in [-0.05, 0) is 18.9 Å². The van der Waals surface area contributed by atoms with Crippen molar-refractivity contribution in [2.75, 3.05) is 19.7 Å². The van der Waals surface area contributed by atoms with Gasteiger partial charge in [-0.3, -0.25) is 0 Å². The van der Waals surface area contributed by atoms with E-state index in [4.69, 9.17) is 28.3 Å². The second kappa shape index (κ2) is 8.82. The van der Waals surface area contributed by atoms with Gasteiger partial charge in [0.2, 0.25) is 0 Å². The van der Waals surface area contributed by atoms with Gasteiger partial charge in [0.25, 0.3) is 0 Å². The van der Waals surface area contributed by atoms with Gasteiger partial charge in [-0.2, -0.15) is 0 Å². The monoisotopic (exact) mass is 225 g/mol. The maximum absolute atomic E-state index is 8.74. The van der Waals surface area contributed by atoms with E-state index in [9.17, 15) is 0 Å². The zero-order chi connectivity index (χ0) is 10.1. The highest BCUT2D eigenvalue weighted by molar-refractivity contribution is 6.36. The maximum atomic E-state index is 8.74. The van der Waals surface area contributed by atoms with E-state index in [-0.39, 0.29) is 6.61 Å². The van der Waals surface area contributed by atoms with Crippen molar-refractivity contribution in [3.05, 3.63) is 10.6 Å². The molecular formula is C9H17Cl2NO. The van der Waals surface area contributed by atoms with E-state index in [0.717, 1.165) is 19.4 Å². The Kier molecular flexibility index (Phi) is 8.98. The molecule has 0 aromatic carbocycles. The van der Waals surface area contributed by atoms with Crippen LogP contribution in [0, 0.1) is 5.92 Å². The molecule has 1 atom stereocenters. The van der Waals surface area contributed by atoms with Crippen molar-refractivity contribution in [1.82, 2.24) is 5.32 Å². The molecule has 0 aliphatic heterocycles. The lowest BCUT2D eigenvalue weighted by Crippen LogP contribution is -2.24. The van der Waals surface area contributed by atoms with Crippen molar-refractivity contribution in [2.24, 2.45) is 5.92 Å². The van der Waals surface area contributed by atoms with Gasteiger partial charge in [0, 0.05) is 23.7 Å². The highest BCUT2D eigenvalue weighted by atomic mass is 35.5. The van der Waals surface area contributed by atoms with Crippen LogP contribution in [0.5, 0.6) is 0 Å². The van der Waals surface area contributed by atoms with Crippen molar-refractivity contribution < 1.29 is 5.11 Å². The Morgan fingerprint density at radius 2 is 2.31 bits per heavy atom. The topological polar surface area (TPSA) is 32.3 Å². The second-order valence-corrected chi connectivity index (χ2v) is 3.68. The zero-order valence-electron chi connectivity index (χ0n) is 7.89. The molecular weight excluding hydrogens is 209 g/mol. The van der Waals surface area contributed by atoms with Crippen LogP contribution in [-0.2, 0) is 0 Å². The minimum atomic E-state index is 0.249. The van der Waals surface area contributed by atoms with E-state index in [2.05, 4.69) is 12.2 Å². The zero-order valence-corrected chi connectivity index (χ0v) is 9.41. The van der Waals surface area contributed by atoms with Crippen LogP contribution >= 0.6 is 23.2 Å². The second-order valence-electron chi connectivity index (χ2n) is 2.97. The van der Waals surface area contributed by atoms with Gasteiger partial charge in [0.1, 0.15) is 0 Å². The number of hydrogen-bond donors (Lipinski definition) is 2. The van der Waals surface area contributed by atoms with E-state index in [0.29, 0.717) is 17.5 Å². The molecule has 0 heterocycles. The van der Waals surface area contributed by atoms with Gasteiger partial charge < -0.3 is 10.4 Å². The molecule has 0 aliphatic rings. The average Bonchev–Trinajstić information content (AvgIpc) is 2.16. The van der Waals surface area contributed by atoms with Gasteiger partial charge in [-0.15, -0.1) is 0 Å². The first-order valence-corrected chi connectivity index (χ1v) is 5.32. The van der Waals surface area contributed by atoms with E-state index < -0.39 is 0 Å². The van der Waals surface area contributed by atoms with Gasteiger partial charge >= 0.3 is 0 Å². The number of aliphatic hydroxyl groups is 1. The molecule has 0 rings (SSSR count). The lowest BCUT2D eigenvalue weighted by atomic mass is 10.0. The summed E-state index contributed by atoms with van der Waals surface area (Å²) in [6.07, 6.45) is 1.90. The van der Waals surface area contributed by atoms with Crippen molar-refractivity contribution >= 4 is 23.2 Å². The molecule has 78 valence electrons. The molecule has 0 aromatic rings. The minimum absolute atomic E-state index is 0.249. The molecule has 0 saturated carbocycles. The Bertz CT molecular complexity index is 151. The summed E-state index contributed by atoms with van der Waals surface area (Å²) in [5, 5.41) is 12.5. The van der Waals surface area contributed by atoms with Gasteiger partial charge in [0.15, 0.2) is 0 Å². The molecule has 13 heavy (non-hydrogen) atoms. The van der Waals surface area contributed by atoms with Gasteiger partial charge in [0.05, 0.1) is 0 Å². The lowest BCUT2D eigenvalue weighted by Gasteiger charge is -2.13. The minimum Gasteiger partial charge on any atom is -0.396 e. The number of rotatable bonds is 7. The van der Waals surface area contributed by atoms with Crippen LogP contribution in [0.15, 0.2) is 10.6 Å². The van der Waals surface area contributed by atoms with Crippen LogP contribution in [0.4, 0.5) is 0 Å². The van der Waals surface area contributed by atoms with E-state index in [1.165, 1.54) is 5.54 Å². The molecule has 0 spiro atoms. The molecule has 4 heteroatoms. The molecule has 0 bridgehead atoms. The smallest absolute Gasteiger partial charge is 0.0434 e. The fraction of sp³-hybridized carbons (Fsp3) is 0.778. The quantitative estimate of drug-likeness (QED) is 0.698. The van der Waals surface area contributed by atoms with Crippen LogP contribution in [0.2, 0.25) is 0 Å². The van der Waals surface area contributed by atoms with Crippen LogP contribution < -0.4 is 5.32 Å². The van der Waals surface area contributed by atoms with Gasteiger partial charge in [-0.25, -0.2) is 0 Å². The SMILES string of the molecule is CCC(CCO)CNCC(Cl)=CCl. The van der Waals surface area contributed by atoms with E-state index in [1.54, 1.807) is 0 Å². The standard InChI is InChI=1S/C9H17Cl2NO/c1-2-8(3-4-13)6-12-7-9(11)5-10/h5,8,12-13H,2-4,6-7H2,1H3. The normalized spacial score (nSPS) is 14.6. The summed E-state index contributed by atoms with van der Waals surface area (Å²) < 4.78 is 0. The van der Waals surface area contributed by atoms with Crippen molar-refractivity contribution in [2.45, 2.75) is 19.8 Å². The summed E-state index contributed by atoms with van der Waals surface area (Å²) in [5.74, 6) is 0.518. The van der Waals surface area contributed by atoms with Crippen LogP contribution in [0.3, 0.4) is 0 Å². The number of hydrogen-bond acceptors (Lipinski definition) is 2. The summed E-state index contributed by atoms with van der Waals surface area (Å²) in [4.78, 5) is 0. The van der Waals surface area contributed by atoms with Crippen LogP contribution in [-0.4, -0.2) is 24.8 Å². The lowest BCUT2D eigenvalue weighted by molar-refractivity contribution is 0.252. The fourth-order valence-electron chi connectivity index (χ4n) is 1.07. The van der Waals surface area contributed by atoms with Crippen LogP contribution in [0.25, 0.3) is 0 Å². The van der Waals surface area contributed by atoms with Gasteiger partial charge in [-0.1, -0.05) is 36.5 Å². The highest BCUT2D eigenvalue weighted by Crippen LogP contribution is 2.06. The van der Waals surface area contributed by atoms with Crippen molar-refractivity contribution in [3.8, 4) is 0 Å². The molecule has 0 aliphatic carbocycles. The first-order chi connectivity index (χ1) is 6.24. The Balaban J connectivity index is 3.48. The van der Waals surface area contributed by atoms with E-state index in [1.807, 2.05) is 0 Å². The molecule has 0 aromatic heterocycles. The summed E-state index contributed by atoms with van der Waals surface area (Å²) in [6, 6.07) is 0. The predicted octanol–water partition coefficient (Wildman–Crippen LogP) is 2.30. The summed E-state index contributed by atoms with van der Waals surface area (Å²) >= 11 is 11.1. The number of halogens is 2. The highest BCUT2D eigenvalue weighted by Gasteiger charge is 2.04. The molecule has 1 unspecified atom stereocenters. The first-order valence-electron chi connectivity index (χ1n) is 4.50. The third-order valence-electron chi connectivity index (χ3n) is 1.96. The Labute approximate surface area is 89.9 Å². The number of aliphatic hydroxyl groups excluding tert-OH is 1. The van der Waals surface area contributed by atoms with Crippen molar-refractivity contribution in [3.63, 3.8) is 0 Å². The predicted molar refractivity (Wildman–Crippen MR) is 58.1 cm³/mol. The largest absolute Gasteiger partial charge is 0.396 e. The molecule has 0 amide bonds. The first kappa shape index (κ1) is 13.2. The average molecular weight is 226 g/mol. The third-order valence-corrected chi connectivity index (χ3v) is 2.58. The number of nitrogens with one attached hydrogen (secondary N) is 1. The van der Waals surface area contributed by atoms with Crippen LogP contribution in [0.1, 0.15) is 19.8 Å². The third kappa shape index (κ3) is 7.32. The Hall–Kier alpha value is 0.240. The Morgan fingerprint density at radius 3 is 2.77 bits per heavy atom. The molecule has 0 saturated heterocycles. The van der Waals surface area contributed by atoms with E-state index >= 15 is 0 Å². The molecule has 0 fully saturated rings. The fourth-order valence-corrected chi connectivity index (χ4v) is 1.24. The molecule has 0 radical (unpaired) electrons. The van der Waals surface area contributed by atoms with Crippen molar-refractivity contribution in [1.29, 1.82) is 0 Å². The summed E-state index contributed by atoms with van der Waals surface area (Å²) in [7, 11) is 0.